The van der Waals surface area contributed by atoms with Crippen LogP contribution in [0.3, 0.4) is 0 Å². The molecule has 1 amide bonds. The Hall–Kier alpha value is -3.92. The molecule has 0 spiro atoms. The summed E-state index contributed by atoms with van der Waals surface area (Å²) < 4.78 is 37.3. The number of benzene rings is 2. The van der Waals surface area contributed by atoms with Gasteiger partial charge in [-0.2, -0.15) is 0 Å². The third-order valence-electron chi connectivity index (χ3n) is 4.99. The lowest BCUT2D eigenvalue weighted by atomic mass is 10.1. The van der Waals surface area contributed by atoms with Crippen LogP contribution in [0.25, 0.3) is 0 Å². The Morgan fingerprint density at radius 3 is 2.48 bits per heavy atom. The lowest BCUT2D eigenvalue weighted by Crippen LogP contribution is -2.37. The third kappa shape index (κ3) is 5.47. The van der Waals surface area contributed by atoms with Gasteiger partial charge < -0.3 is 19.7 Å². The van der Waals surface area contributed by atoms with Crippen molar-refractivity contribution in [1.82, 2.24) is 4.90 Å². The van der Waals surface area contributed by atoms with Gasteiger partial charge in [-0.3, -0.25) is 4.79 Å². The van der Waals surface area contributed by atoms with Crippen LogP contribution < -0.4 is 10.1 Å². The first-order valence-electron chi connectivity index (χ1n) is 10.0. The fourth-order valence-electron chi connectivity index (χ4n) is 3.18. The molecule has 0 saturated carbocycles. The number of nitrogens with zero attached hydrogens (tertiary/aromatic N) is 2. The lowest BCUT2D eigenvalue weighted by Gasteiger charge is -2.26. The second kappa shape index (κ2) is 9.29. The number of amides is 1. The summed E-state index contributed by atoms with van der Waals surface area (Å²) in [6.07, 6.45) is 4.48. The maximum atomic E-state index is 12.4. The Morgan fingerprint density at radius 1 is 1.06 bits per heavy atom. The molecule has 2 aliphatic rings. The van der Waals surface area contributed by atoms with E-state index in [4.69, 9.17) is 9.47 Å². The van der Waals surface area contributed by atoms with Crippen LogP contribution in [0.1, 0.15) is 15.9 Å². The van der Waals surface area contributed by atoms with Crippen molar-refractivity contribution in [2.45, 2.75) is 6.61 Å². The number of methoxy groups -OCH3 is 1. The number of sulfonamides is 1. The molecule has 1 N–H and O–H groups in total. The molecule has 0 bridgehead atoms. The van der Waals surface area contributed by atoms with Crippen molar-refractivity contribution in [3.63, 3.8) is 0 Å². The van der Waals surface area contributed by atoms with Gasteiger partial charge in [-0.15, -0.1) is 4.40 Å². The van der Waals surface area contributed by atoms with E-state index in [9.17, 15) is 18.0 Å². The fraction of sp³-hybridized carbons (Fsp3) is 0.174. The van der Waals surface area contributed by atoms with Crippen LogP contribution in [-0.2, 0) is 26.2 Å². The summed E-state index contributed by atoms with van der Waals surface area (Å²) in [5.41, 5.74) is 2.12. The summed E-state index contributed by atoms with van der Waals surface area (Å²) in [4.78, 5) is 26.4. The molecule has 170 valence electrons. The number of esters is 1. The molecule has 0 radical (unpaired) electrons. The highest BCUT2D eigenvalue weighted by molar-refractivity contribution is 7.90. The standard InChI is InChI=1S/C23H21N3O6S/c1-31-20-9-7-19(8-10-20)24-22(27)17-4-2-16(3-5-17)15-32-23(28)18-6-11-21-25-33(29,30)13-12-26(21)14-18/h2-11,14H,12-13,15H2,1H3,(H,24,27). The second-order valence-corrected chi connectivity index (χ2v) is 9.06. The summed E-state index contributed by atoms with van der Waals surface area (Å²) in [5.74, 6) is 0.0640. The van der Waals surface area contributed by atoms with Gasteiger partial charge in [-0.05, 0) is 54.1 Å². The van der Waals surface area contributed by atoms with Crippen LogP contribution in [0, 0.1) is 0 Å². The Morgan fingerprint density at radius 2 is 1.79 bits per heavy atom. The van der Waals surface area contributed by atoms with Gasteiger partial charge in [0, 0.05) is 24.0 Å². The predicted octanol–water partition coefficient (Wildman–Crippen LogP) is 2.49. The Balaban J connectivity index is 1.32. The summed E-state index contributed by atoms with van der Waals surface area (Å²) >= 11 is 0. The van der Waals surface area contributed by atoms with Crippen molar-refractivity contribution < 1.29 is 27.5 Å². The summed E-state index contributed by atoms with van der Waals surface area (Å²) in [6.45, 7) is 0.252. The molecule has 2 aromatic rings. The highest BCUT2D eigenvalue weighted by Crippen LogP contribution is 2.18. The van der Waals surface area contributed by atoms with Crippen molar-refractivity contribution in [3.8, 4) is 5.75 Å². The van der Waals surface area contributed by atoms with Crippen molar-refractivity contribution in [2.75, 3.05) is 24.7 Å². The number of amidine groups is 1. The average Bonchev–Trinajstić information content (AvgIpc) is 2.82. The van der Waals surface area contributed by atoms with Crippen molar-refractivity contribution in [2.24, 2.45) is 4.40 Å². The number of anilines is 1. The quantitative estimate of drug-likeness (QED) is 0.649. The molecule has 33 heavy (non-hydrogen) atoms. The maximum Gasteiger partial charge on any atom is 0.339 e. The fourth-order valence-corrected chi connectivity index (χ4v) is 4.15. The third-order valence-corrected chi connectivity index (χ3v) is 6.16. The van der Waals surface area contributed by atoms with Crippen LogP contribution in [0.15, 0.2) is 76.9 Å². The number of carbonyl (C=O) groups excluding carboxylic acids is 2. The Labute approximate surface area is 191 Å². The van der Waals surface area contributed by atoms with Crippen molar-refractivity contribution >= 4 is 33.4 Å². The molecule has 0 aromatic heterocycles. The molecule has 0 saturated heterocycles. The number of ether oxygens (including phenoxy) is 2. The summed E-state index contributed by atoms with van der Waals surface area (Å²) in [6, 6.07) is 13.7. The minimum atomic E-state index is -3.45. The molecule has 9 nitrogen and oxygen atoms in total. The van der Waals surface area contributed by atoms with Gasteiger partial charge in [0.25, 0.3) is 15.9 Å². The number of carbonyl (C=O) groups is 2. The van der Waals surface area contributed by atoms with Gasteiger partial charge in [-0.1, -0.05) is 12.1 Å². The number of rotatable bonds is 6. The van der Waals surface area contributed by atoms with E-state index in [-0.39, 0.29) is 30.6 Å². The van der Waals surface area contributed by atoms with Crippen LogP contribution in [-0.4, -0.2) is 50.4 Å². The minimum absolute atomic E-state index is 0.0275. The highest BCUT2D eigenvalue weighted by Gasteiger charge is 2.25. The van der Waals surface area contributed by atoms with Crippen LogP contribution >= 0.6 is 0 Å². The first-order valence-corrected chi connectivity index (χ1v) is 11.6. The average molecular weight is 468 g/mol. The van der Waals surface area contributed by atoms with E-state index < -0.39 is 16.0 Å². The molecular weight excluding hydrogens is 446 g/mol. The van der Waals surface area contributed by atoms with E-state index in [0.29, 0.717) is 22.6 Å². The number of fused-ring (bicyclic) bond motifs is 1. The van der Waals surface area contributed by atoms with Gasteiger partial charge in [0.15, 0.2) is 0 Å². The number of hydrogen-bond donors (Lipinski definition) is 1. The molecule has 4 rings (SSSR count). The van der Waals surface area contributed by atoms with Gasteiger partial charge in [-0.25, -0.2) is 13.2 Å². The van der Waals surface area contributed by atoms with Crippen molar-refractivity contribution in [1.29, 1.82) is 0 Å². The lowest BCUT2D eigenvalue weighted by molar-refractivity contribution is -0.139. The molecule has 2 aliphatic heterocycles. The minimum Gasteiger partial charge on any atom is -0.497 e. The van der Waals surface area contributed by atoms with E-state index in [2.05, 4.69) is 9.71 Å². The van der Waals surface area contributed by atoms with Gasteiger partial charge in [0.05, 0.1) is 18.4 Å². The number of hydrogen-bond acceptors (Lipinski definition) is 7. The van der Waals surface area contributed by atoms with Crippen LogP contribution in [0.5, 0.6) is 5.75 Å². The topological polar surface area (TPSA) is 114 Å². The molecule has 0 aliphatic carbocycles. The smallest absolute Gasteiger partial charge is 0.339 e. The van der Waals surface area contributed by atoms with Crippen LogP contribution in [0.4, 0.5) is 5.69 Å². The Kier molecular flexibility index (Phi) is 6.27. The van der Waals surface area contributed by atoms with E-state index in [0.717, 1.165) is 5.56 Å². The first-order chi connectivity index (χ1) is 15.8. The van der Waals surface area contributed by atoms with E-state index >= 15 is 0 Å². The van der Waals surface area contributed by atoms with Crippen LogP contribution in [0.2, 0.25) is 0 Å². The van der Waals surface area contributed by atoms with E-state index in [1.54, 1.807) is 60.5 Å². The van der Waals surface area contributed by atoms with Gasteiger partial charge in [0.2, 0.25) is 0 Å². The van der Waals surface area contributed by atoms with E-state index in [1.807, 2.05) is 0 Å². The number of nitrogens with one attached hydrogen (secondary N) is 1. The zero-order chi connectivity index (χ0) is 23.4. The molecule has 10 heteroatoms. The molecule has 2 aromatic carbocycles. The monoisotopic (exact) mass is 467 g/mol. The first kappa shape index (κ1) is 22.3. The zero-order valence-electron chi connectivity index (χ0n) is 17.7. The predicted molar refractivity (Wildman–Crippen MR) is 122 cm³/mol. The highest BCUT2D eigenvalue weighted by atomic mass is 32.2. The Bertz CT molecular complexity index is 1260. The zero-order valence-corrected chi connectivity index (χ0v) is 18.5. The molecular formula is C23H21N3O6S. The van der Waals surface area contributed by atoms with Gasteiger partial charge >= 0.3 is 5.97 Å². The molecule has 0 atom stereocenters. The largest absolute Gasteiger partial charge is 0.497 e. The summed E-state index contributed by atoms with van der Waals surface area (Å²) in [7, 11) is -1.88. The molecule has 0 fully saturated rings. The van der Waals surface area contributed by atoms with E-state index in [1.165, 1.54) is 18.4 Å². The molecule has 2 heterocycles. The summed E-state index contributed by atoms with van der Waals surface area (Å²) in [5, 5.41) is 2.80. The second-order valence-electron chi connectivity index (χ2n) is 7.30. The molecule has 0 unspecified atom stereocenters. The maximum absolute atomic E-state index is 12.4. The van der Waals surface area contributed by atoms with Gasteiger partial charge in [0.1, 0.15) is 18.2 Å². The SMILES string of the molecule is COc1ccc(NC(=O)c2ccc(COC(=O)C3=CN4CCS(=O)(=O)N=C4C=C3)cc2)cc1. The normalized spacial score (nSPS) is 16.2. The van der Waals surface area contributed by atoms with Crippen molar-refractivity contribution in [3.05, 3.63) is 83.6 Å².